The minimum absolute atomic E-state index is 0.190. The van der Waals surface area contributed by atoms with Crippen molar-refractivity contribution in [2.45, 2.75) is 0 Å². The molecule has 0 heterocycles. The Bertz CT molecular complexity index is 395. The van der Waals surface area contributed by atoms with Crippen LogP contribution in [0.3, 0.4) is 0 Å². The van der Waals surface area contributed by atoms with Crippen LogP contribution < -0.4 is 4.74 Å². The Hall–Kier alpha value is -1.14. The standard InChI is InChI=1S/C7H3BrClNO4/c8-4-1-2-5(10(12)13)6(3-4)14-7(9)11/h1-3H. The first-order valence-electron chi connectivity index (χ1n) is 3.32. The third kappa shape index (κ3) is 2.68. The fourth-order valence-electron chi connectivity index (χ4n) is 0.807. The third-order valence-corrected chi connectivity index (χ3v) is 1.88. The summed E-state index contributed by atoms with van der Waals surface area (Å²) >= 11 is 8.02. The second kappa shape index (κ2) is 4.39. The monoisotopic (exact) mass is 279 g/mol. The SMILES string of the molecule is O=C(Cl)Oc1cc(Br)ccc1[N+](=O)[O-]. The molecule has 0 amide bonds. The van der Waals surface area contributed by atoms with E-state index >= 15 is 0 Å². The second-order valence-corrected chi connectivity index (χ2v) is 3.43. The molecule has 0 saturated carbocycles. The van der Waals surface area contributed by atoms with Crippen molar-refractivity contribution in [3.05, 3.63) is 32.8 Å². The Kier molecular flexibility index (Phi) is 3.43. The largest absolute Gasteiger partial charge is 0.409 e. The summed E-state index contributed by atoms with van der Waals surface area (Å²) in [6, 6.07) is 3.96. The number of halogens is 2. The molecule has 0 N–H and O–H groups in total. The van der Waals surface area contributed by atoms with Gasteiger partial charge in [-0.05, 0) is 6.07 Å². The number of ether oxygens (including phenoxy) is 1. The van der Waals surface area contributed by atoms with Crippen LogP contribution >= 0.6 is 27.5 Å². The van der Waals surface area contributed by atoms with E-state index in [1.807, 2.05) is 0 Å². The van der Waals surface area contributed by atoms with Crippen LogP contribution in [-0.2, 0) is 0 Å². The summed E-state index contributed by atoms with van der Waals surface area (Å²) in [6.07, 6.45) is 0. The quantitative estimate of drug-likeness (QED) is 0.474. The zero-order valence-corrected chi connectivity index (χ0v) is 8.91. The highest BCUT2D eigenvalue weighted by Crippen LogP contribution is 2.30. The van der Waals surface area contributed by atoms with Crippen molar-refractivity contribution in [2.24, 2.45) is 0 Å². The van der Waals surface area contributed by atoms with Gasteiger partial charge in [0.15, 0.2) is 0 Å². The topological polar surface area (TPSA) is 69.4 Å². The molecular formula is C7H3BrClNO4. The molecule has 0 aromatic heterocycles. The highest BCUT2D eigenvalue weighted by molar-refractivity contribution is 9.10. The van der Waals surface area contributed by atoms with E-state index in [2.05, 4.69) is 20.7 Å². The van der Waals surface area contributed by atoms with Crippen LogP contribution in [0.1, 0.15) is 0 Å². The van der Waals surface area contributed by atoms with Crippen LogP contribution in [0, 0.1) is 10.1 Å². The molecule has 0 radical (unpaired) electrons. The molecular weight excluding hydrogens is 277 g/mol. The third-order valence-electron chi connectivity index (χ3n) is 1.31. The molecule has 1 rings (SSSR count). The van der Waals surface area contributed by atoms with Crippen LogP contribution in [0.4, 0.5) is 10.5 Å². The molecule has 7 heteroatoms. The number of nitrogens with zero attached hydrogens (tertiary/aromatic N) is 1. The van der Waals surface area contributed by atoms with Crippen LogP contribution in [0.5, 0.6) is 5.75 Å². The number of hydrogen-bond acceptors (Lipinski definition) is 4. The summed E-state index contributed by atoms with van der Waals surface area (Å²) in [5.41, 5.74) is -1.44. The van der Waals surface area contributed by atoms with E-state index in [0.717, 1.165) is 0 Å². The van der Waals surface area contributed by atoms with Gasteiger partial charge in [0.1, 0.15) is 0 Å². The normalized spacial score (nSPS) is 9.57. The molecule has 14 heavy (non-hydrogen) atoms. The molecule has 0 unspecified atom stereocenters. The molecule has 1 aromatic rings. The van der Waals surface area contributed by atoms with E-state index in [-0.39, 0.29) is 11.4 Å². The summed E-state index contributed by atoms with van der Waals surface area (Å²) in [5, 5.41) is 10.5. The molecule has 0 spiro atoms. The summed E-state index contributed by atoms with van der Waals surface area (Å²) in [7, 11) is 0. The number of carbonyl (C=O) groups is 1. The van der Waals surface area contributed by atoms with E-state index in [9.17, 15) is 14.9 Å². The van der Waals surface area contributed by atoms with Crippen LogP contribution in [0.2, 0.25) is 0 Å². The van der Waals surface area contributed by atoms with Gasteiger partial charge >= 0.3 is 11.1 Å². The maximum absolute atomic E-state index is 10.5. The maximum atomic E-state index is 10.5. The smallest absolute Gasteiger partial charge is 0.407 e. The first-order chi connectivity index (χ1) is 6.50. The average Bonchev–Trinajstić information content (AvgIpc) is 2.01. The van der Waals surface area contributed by atoms with Crippen molar-refractivity contribution in [1.82, 2.24) is 0 Å². The van der Waals surface area contributed by atoms with E-state index in [4.69, 9.17) is 11.6 Å². The number of rotatable bonds is 2. The first-order valence-corrected chi connectivity index (χ1v) is 4.49. The van der Waals surface area contributed by atoms with Crippen molar-refractivity contribution in [1.29, 1.82) is 0 Å². The summed E-state index contributed by atoms with van der Waals surface area (Å²) in [6.45, 7) is 0. The Balaban J connectivity index is 3.15. The molecule has 0 aliphatic heterocycles. The minimum Gasteiger partial charge on any atom is -0.407 e. The first kappa shape index (κ1) is 10.9. The Morgan fingerprint density at radius 2 is 2.21 bits per heavy atom. The van der Waals surface area contributed by atoms with Gasteiger partial charge in [0.25, 0.3) is 0 Å². The lowest BCUT2D eigenvalue weighted by Crippen LogP contribution is -2.00. The van der Waals surface area contributed by atoms with Gasteiger partial charge in [0.05, 0.1) is 4.92 Å². The molecule has 0 fully saturated rings. The Morgan fingerprint density at radius 1 is 1.57 bits per heavy atom. The molecule has 74 valence electrons. The highest BCUT2D eigenvalue weighted by atomic mass is 79.9. The fraction of sp³-hybridized carbons (Fsp3) is 0. The van der Waals surface area contributed by atoms with Gasteiger partial charge in [-0.25, -0.2) is 4.79 Å². The van der Waals surface area contributed by atoms with Crippen molar-refractivity contribution >= 4 is 38.6 Å². The van der Waals surface area contributed by atoms with Gasteiger partial charge in [0, 0.05) is 28.2 Å². The van der Waals surface area contributed by atoms with Crippen molar-refractivity contribution in [2.75, 3.05) is 0 Å². The van der Waals surface area contributed by atoms with E-state index in [1.165, 1.54) is 18.2 Å². The molecule has 0 saturated heterocycles. The number of nitro groups is 1. The van der Waals surface area contributed by atoms with Crippen LogP contribution in [0.25, 0.3) is 0 Å². The maximum Gasteiger partial charge on any atom is 0.409 e. The lowest BCUT2D eigenvalue weighted by molar-refractivity contribution is -0.385. The molecule has 0 aliphatic carbocycles. The number of nitro benzene ring substituents is 1. The van der Waals surface area contributed by atoms with Crippen molar-refractivity contribution < 1.29 is 14.5 Å². The average molecular weight is 280 g/mol. The lowest BCUT2D eigenvalue weighted by Gasteiger charge is -2.01. The molecule has 0 atom stereocenters. The number of benzene rings is 1. The molecule has 0 aliphatic rings. The lowest BCUT2D eigenvalue weighted by atomic mass is 10.3. The van der Waals surface area contributed by atoms with Gasteiger partial charge in [0.2, 0.25) is 5.75 Å². The zero-order chi connectivity index (χ0) is 10.7. The number of carbonyl (C=O) groups excluding carboxylic acids is 1. The van der Waals surface area contributed by atoms with E-state index in [0.29, 0.717) is 4.47 Å². The Morgan fingerprint density at radius 3 is 2.71 bits per heavy atom. The molecule has 5 nitrogen and oxygen atoms in total. The zero-order valence-electron chi connectivity index (χ0n) is 6.57. The van der Waals surface area contributed by atoms with Crippen LogP contribution in [0.15, 0.2) is 22.7 Å². The summed E-state index contributed by atoms with van der Waals surface area (Å²) in [4.78, 5) is 20.2. The molecule has 0 bridgehead atoms. The van der Waals surface area contributed by atoms with E-state index < -0.39 is 10.4 Å². The highest BCUT2D eigenvalue weighted by Gasteiger charge is 2.17. The van der Waals surface area contributed by atoms with E-state index in [1.54, 1.807) is 0 Å². The minimum atomic E-state index is -1.12. The molecule has 1 aromatic carbocycles. The van der Waals surface area contributed by atoms with Crippen LogP contribution in [-0.4, -0.2) is 10.4 Å². The Labute approximate surface area is 91.9 Å². The van der Waals surface area contributed by atoms with Gasteiger partial charge in [-0.2, -0.15) is 0 Å². The predicted molar refractivity (Wildman–Crippen MR) is 52.7 cm³/mol. The van der Waals surface area contributed by atoms with Crippen molar-refractivity contribution in [3.8, 4) is 5.75 Å². The van der Waals surface area contributed by atoms with Gasteiger partial charge in [-0.3, -0.25) is 10.1 Å². The van der Waals surface area contributed by atoms with Gasteiger partial charge in [-0.15, -0.1) is 0 Å². The van der Waals surface area contributed by atoms with Crippen molar-refractivity contribution in [3.63, 3.8) is 0 Å². The summed E-state index contributed by atoms with van der Waals surface area (Å²) < 4.78 is 4.99. The van der Waals surface area contributed by atoms with Gasteiger partial charge < -0.3 is 4.74 Å². The predicted octanol–water partition coefficient (Wildman–Crippen LogP) is 3.09. The summed E-state index contributed by atoms with van der Waals surface area (Å²) in [5.74, 6) is -0.190. The van der Waals surface area contributed by atoms with Gasteiger partial charge in [-0.1, -0.05) is 15.9 Å². The number of hydrogen-bond donors (Lipinski definition) is 0. The second-order valence-electron chi connectivity index (χ2n) is 2.21. The fourth-order valence-corrected chi connectivity index (χ4v) is 1.23.